The first-order valence-corrected chi connectivity index (χ1v) is 6.32. The molecule has 0 aromatic heterocycles. The molecule has 0 saturated carbocycles. The Kier molecular flexibility index (Phi) is 6.19. The highest BCUT2D eigenvalue weighted by molar-refractivity contribution is 5.20. The van der Waals surface area contributed by atoms with Crippen LogP contribution in [0.1, 0.15) is 44.6 Å². The van der Waals surface area contributed by atoms with E-state index in [4.69, 9.17) is 5.11 Å². The van der Waals surface area contributed by atoms with Crippen molar-refractivity contribution < 1.29 is 18.3 Å². The quantitative estimate of drug-likeness (QED) is 0.581. The average molecular weight is 260 g/mol. The molecule has 1 atom stereocenters. The number of aliphatic hydroxyl groups excluding tert-OH is 1. The van der Waals surface area contributed by atoms with Crippen LogP contribution in [0, 0.1) is 17.5 Å². The normalized spacial score (nSPS) is 12.7. The summed E-state index contributed by atoms with van der Waals surface area (Å²) < 4.78 is 38.9. The zero-order valence-corrected chi connectivity index (χ0v) is 10.6. The van der Waals surface area contributed by atoms with Gasteiger partial charge in [0.2, 0.25) is 0 Å². The molecule has 1 rings (SSSR count). The Labute approximate surface area is 106 Å². The molecule has 0 fully saturated rings. The lowest BCUT2D eigenvalue weighted by Gasteiger charge is -2.05. The maximum absolute atomic E-state index is 13.3. The second-order valence-electron chi connectivity index (χ2n) is 4.66. The molecule has 0 aliphatic carbocycles. The average Bonchev–Trinajstić information content (AvgIpc) is 2.29. The minimum Gasteiger partial charge on any atom is -0.393 e. The van der Waals surface area contributed by atoms with Gasteiger partial charge in [-0.15, -0.1) is 0 Å². The maximum atomic E-state index is 13.3. The van der Waals surface area contributed by atoms with Gasteiger partial charge in [0.15, 0.2) is 11.6 Å². The van der Waals surface area contributed by atoms with Gasteiger partial charge in [0, 0.05) is 6.07 Å². The van der Waals surface area contributed by atoms with Crippen LogP contribution in [0.2, 0.25) is 0 Å². The molecule has 1 N–H and O–H groups in total. The van der Waals surface area contributed by atoms with Crippen molar-refractivity contribution in [2.75, 3.05) is 0 Å². The molecule has 0 radical (unpaired) electrons. The number of rotatable bonds is 7. The van der Waals surface area contributed by atoms with Gasteiger partial charge in [-0.2, -0.15) is 0 Å². The van der Waals surface area contributed by atoms with Crippen LogP contribution in [0.3, 0.4) is 0 Å². The Morgan fingerprint density at radius 1 is 0.944 bits per heavy atom. The third-order valence-corrected chi connectivity index (χ3v) is 2.91. The molecule has 4 heteroatoms. The molecule has 1 unspecified atom stereocenters. The number of halogens is 3. The van der Waals surface area contributed by atoms with Gasteiger partial charge in [-0.25, -0.2) is 13.2 Å². The summed E-state index contributed by atoms with van der Waals surface area (Å²) in [6, 6.07) is 1.53. The summed E-state index contributed by atoms with van der Waals surface area (Å²) in [5.74, 6) is -2.83. The maximum Gasteiger partial charge on any atom is 0.161 e. The van der Waals surface area contributed by atoms with Gasteiger partial charge in [0.25, 0.3) is 0 Å². The number of unbranched alkanes of at least 4 members (excludes halogenated alkanes) is 3. The van der Waals surface area contributed by atoms with Gasteiger partial charge < -0.3 is 5.11 Å². The van der Waals surface area contributed by atoms with Crippen molar-refractivity contribution in [2.24, 2.45) is 0 Å². The second kappa shape index (κ2) is 7.41. The van der Waals surface area contributed by atoms with E-state index in [0.29, 0.717) is 12.5 Å². The molecule has 18 heavy (non-hydrogen) atoms. The number of hydrogen-bond acceptors (Lipinski definition) is 1. The Bertz CT molecular complexity index is 378. The molecule has 1 aromatic carbocycles. The summed E-state index contributed by atoms with van der Waals surface area (Å²) in [6.45, 7) is 1.75. The smallest absolute Gasteiger partial charge is 0.161 e. The largest absolute Gasteiger partial charge is 0.393 e. The summed E-state index contributed by atoms with van der Waals surface area (Å²) in [4.78, 5) is 0. The predicted octanol–water partition coefficient (Wildman–Crippen LogP) is 3.98. The van der Waals surface area contributed by atoms with Crippen molar-refractivity contribution in [1.82, 2.24) is 0 Å². The van der Waals surface area contributed by atoms with Crippen molar-refractivity contribution in [3.63, 3.8) is 0 Å². The van der Waals surface area contributed by atoms with Crippen LogP contribution in [0.25, 0.3) is 0 Å². The number of aryl methyl sites for hydroxylation is 1. The zero-order valence-electron chi connectivity index (χ0n) is 10.6. The van der Waals surface area contributed by atoms with Gasteiger partial charge in [0.1, 0.15) is 5.82 Å². The summed E-state index contributed by atoms with van der Waals surface area (Å²) in [5.41, 5.74) is 0.226. The van der Waals surface area contributed by atoms with Gasteiger partial charge in [-0.05, 0) is 37.8 Å². The summed E-state index contributed by atoms with van der Waals surface area (Å²) in [6.07, 6.45) is 4.41. The van der Waals surface area contributed by atoms with Crippen molar-refractivity contribution >= 4 is 0 Å². The molecule has 1 aromatic rings. The van der Waals surface area contributed by atoms with Crippen molar-refractivity contribution in [2.45, 2.75) is 51.6 Å². The fraction of sp³-hybridized carbons (Fsp3) is 0.571. The standard InChI is InChI=1S/C14H19F3O/c1-10(18)6-4-2-3-5-7-11-8-13(16)14(17)9-12(11)15/h8-10,18H,2-7H2,1H3. The van der Waals surface area contributed by atoms with Crippen LogP contribution in [-0.2, 0) is 6.42 Å². The molecule has 102 valence electrons. The van der Waals surface area contributed by atoms with Crippen LogP contribution in [0.4, 0.5) is 13.2 Å². The van der Waals surface area contributed by atoms with Crippen molar-refractivity contribution in [3.05, 3.63) is 35.1 Å². The van der Waals surface area contributed by atoms with E-state index >= 15 is 0 Å². The summed E-state index contributed by atoms with van der Waals surface area (Å²) in [5, 5.41) is 9.05. The highest BCUT2D eigenvalue weighted by Gasteiger charge is 2.09. The number of aliphatic hydroxyl groups is 1. The highest BCUT2D eigenvalue weighted by Crippen LogP contribution is 2.16. The molecule has 0 saturated heterocycles. The van der Waals surface area contributed by atoms with E-state index in [1.807, 2.05) is 0 Å². The van der Waals surface area contributed by atoms with Crippen LogP contribution < -0.4 is 0 Å². The Morgan fingerprint density at radius 3 is 2.22 bits per heavy atom. The first-order chi connectivity index (χ1) is 8.50. The molecular formula is C14H19F3O. The topological polar surface area (TPSA) is 20.2 Å². The Morgan fingerprint density at radius 2 is 1.56 bits per heavy atom. The van der Waals surface area contributed by atoms with E-state index < -0.39 is 17.5 Å². The van der Waals surface area contributed by atoms with E-state index in [-0.39, 0.29) is 11.7 Å². The second-order valence-corrected chi connectivity index (χ2v) is 4.66. The Balaban J connectivity index is 2.29. The van der Waals surface area contributed by atoms with Gasteiger partial charge in [0.05, 0.1) is 6.10 Å². The van der Waals surface area contributed by atoms with E-state index in [1.165, 1.54) is 0 Å². The summed E-state index contributed by atoms with van der Waals surface area (Å²) >= 11 is 0. The van der Waals surface area contributed by atoms with Crippen LogP contribution in [-0.4, -0.2) is 11.2 Å². The predicted molar refractivity (Wildman–Crippen MR) is 64.8 cm³/mol. The van der Waals surface area contributed by atoms with Gasteiger partial charge in [-0.3, -0.25) is 0 Å². The molecule has 0 amide bonds. The zero-order chi connectivity index (χ0) is 13.5. The Hall–Kier alpha value is -1.03. The van der Waals surface area contributed by atoms with E-state index in [9.17, 15) is 13.2 Å². The minimum atomic E-state index is -1.15. The fourth-order valence-corrected chi connectivity index (χ4v) is 1.86. The molecule has 0 heterocycles. The highest BCUT2D eigenvalue weighted by atomic mass is 19.2. The molecule has 0 aliphatic rings. The van der Waals surface area contributed by atoms with Gasteiger partial charge >= 0.3 is 0 Å². The third kappa shape index (κ3) is 5.08. The monoisotopic (exact) mass is 260 g/mol. The van der Waals surface area contributed by atoms with Crippen molar-refractivity contribution in [1.29, 1.82) is 0 Å². The number of benzene rings is 1. The summed E-state index contributed by atoms with van der Waals surface area (Å²) in [7, 11) is 0. The van der Waals surface area contributed by atoms with E-state index in [1.54, 1.807) is 6.92 Å². The molecular weight excluding hydrogens is 241 g/mol. The molecule has 1 nitrogen and oxygen atoms in total. The molecule has 0 aliphatic heterocycles. The van der Waals surface area contributed by atoms with Crippen LogP contribution >= 0.6 is 0 Å². The van der Waals surface area contributed by atoms with Crippen molar-refractivity contribution in [3.8, 4) is 0 Å². The number of hydrogen-bond donors (Lipinski definition) is 1. The first-order valence-electron chi connectivity index (χ1n) is 6.32. The minimum absolute atomic E-state index is 0.226. The first kappa shape index (κ1) is 15.0. The lowest BCUT2D eigenvalue weighted by molar-refractivity contribution is 0.180. The van der Waals surface area contributed by atoms with Crippen LogP contribution in [0.15, 0.2) is 12.1 Å². The molecule has 0 bridgehead atoms. The lowest BCUT2D eigenvalue weighted by atomic mass is 10.0. The lowest BCUT2D eigenvalue weighted by Crippen LogP contribution is -1.99. The van der Waals surface area contributed by atoms with E-state index in [0.717, 1.165) is 38.2 Å². The van der Waals surface area contributed by atoms with Crippen LogP contribution in [0.5, 0.6) is 0 Å². The SMILES string of the molecule is CC(O)CCCCCCc1cc(F)c(F)cc1F. The molecule has 0 spiro atoms. The fourth-order valence-electron chi connectivity index (χ4n) is 1.86. The van der Waals surface area contributed by atoms with E-state index in [2.05, 4.69) is 0 Å². The van der Waals surface area contributed by atoms with Gasteiger partial charge in [-0.1, -0.05) is 19.3 Å². The third-order valence-electron chi connectivity index (χ3n) is 2.91.